The van der Waals surface area contributed by atoms with Crippen molar-refractivity contribution in [3.05, 3.63) is 34.9 Å². The maximum atomic E-state index is 2.29. The largest absolute Gasteiger partial charge is 0.309 e. The lowest BCUT2D eigenvalue weighted by Gasteiger charge is -2.18. The monoisotopic (exact) mass is 191 g/mol. The van der Waals surface area contributed by atoms with E-state index in [1.165, 1.54) is 16.7 Å². The highest BCUT2D eigenvalue weighted by Gasteiger charge is 2.07. The molecule has 0 fully saturated rings. The van der Waals surface area contributed by atoms with Gasteiger partial charge in [0.1, 0.15) is 0 Å². The van der Waals surface area contributed by atoms with E-state index >= 15 is 0 Å². The molecule has 0 bridgehead atoms. The van der Waals surface area contributed by atoms with Crippen molar-refractivity contribution in [3.63, 3.8) is 0 Å². The lowest BCUT2D eigenvalue weighted by molar-refractivity contribution is 0.383. The molecule has 14 heavy (non-hydrogen) atoms. The predicted molar refractivity (Wildman–Crippen MR) is 62.9 cm³/mol. The number of aryl methyl sites for hydroxylation is 2. The number of benzene rings is 1. The molecule has 78 valence electrons. The van der Waals surface area contributed by atoms with Crippen LogP contribution in [0, 0.1) is 13.8 Å². The van der Waals surface area contributed by atoms with Gasteiger partial charge in [0.05, 0.1) is 0 Å². The Balaban J connectivity index is 2.84. The van der Waals surface area contributed by atoms with Gasteiger partial charge >= 0.3 is 0 Å². The van der Waals surface area contributed by atoms with E-state index in [1.54, 1.807) is 0 Å². The van der Waals surface area contributed by atoms with Crippen LogP contribution in [0.25, 0.3) is 0 Å². The molecular weight excluding hydrogens is 170 g/mol. The van der Waals surface area contributed by atoms with Crippen molar-refractivity contribution < 1.29 is 0 Å². The van der Waals surface area contributed by atoms with Gasteiger partial charge in [-0.15, -0.1) is 0 Å². The van der Waals surface area contributed by atoms with E-state index in [4.69, 9.17) is 0 Å². The third kappa shape index (κ3) is 3.15. The second-order valence-corrected chi connectivity index (χ2v) is 4.58. The predicted octanol–water partition coefficient (Wildman–Crippen LogP) is 2.97. The Morgan fingerprint density at radius 2 is 1.57 bits per heavy atom. The van der Waals surface area contributed by atoms with Crippen LogP contribution in [0.15, 0.2) is 18.2 Å². The molecule has 0 saturated heterocycles. The van der Waals surface area contributed by atoms with Crippen molar-refractivity contribution in [2.75, 3.05) is 20.6 Å². The van der Waals surface area contributed by atoms with Crippen molar-refractivity contribution in [3.8, 4) is 0 Å². The van der Waals surface area contributed by atoms with Crippen LogP contribution < -0.4 is 0 Å². The molecule has 0 amide bonds. The first-order chi connectivity index (χ1) is 6.49. The maximum Gasteiger partial charge on any atom is 0.00415 e. The van der Waals surface area contributed by atoms with Gasteiger partial charge < -0.3 is 4.90 Å². The van der Waals surface area contributed by atoms with Crippen molar-refractivity contribution >= 4 is 0 Å². The zero-order valence-corrected chi connectivity index (χ0v) is 9.96. The highest BCUT2D eigenvalue weighted by Crippen LogP contribution is 2.18. The van der Waals surface area contributed by atoms with Crippen molar-refractivity contribution in [1.29, 1.82) is 0 Å². The van der Waals surface area contributed by atoms with Crippen LogP contribution in [-0.4, -0.2) is 25.5 Å². The molecule has 0 N–H and O–H groups in total. The van der Waals surface area contributed by atoms with Crippen LogP contribution in [0.3, 0.4) is 0 Å². The highest BCUT2D eigenvalue weighted by molar-refractivity contribution is 5.30. The van der Waals surface area contributed by atoms with E-state index in [9.17, 15) is 0 Å². The molecule has 1 heteroatoms. The first kappa shape index (κ1) is 11.3. The summed E-state index contributed by atoms with van der Waals surface area (Å²) in [6.07, 6.45) is 0. The van der Waals surface area contributed by atoms with E-state index in [-0.39, 0.29) is 0 Å². The summed E-state index contributed by atoms with van der Waals surface area (Å²) < 4.78 is 0. The number of likely N-dealkylation sites (N-methyl/N-ethyl adjacent to an activating group) is 1. The normalized spacial score (nSPS) is 13.3. The summed E-state index contributed by atoms with van der Waals surface area (Å²) in [4.78, 5) is 2.24. The molecule has 1 rings (SSSR count). The minimum Gasteiger partial charge on any atom is -0.309 e. The molecule has 1 nitrogen and oxygen atoms in total. The van der Waals surface area contributed by atoms with Gasteiger partial charge in [0.2, 0.25) is 0 Å². The minimum atomic E-state index is 0.614. The minimum absolute atomic E-state index is 0.614. The zero-order chi connectivity index (χ0) is 10.7. The summed E-state index contributed by atoms with van der Waals surface area (Å²) in [6.45, 7) is 7.73. The van der Waals surface area contributed by atoms with Crippen LogP contribution in [0.5, 0.6) is 0 Å². The molecule has 0 heterocycles. The van der Waals surface area contributed by atoms with Gasteiger partial charge in [-0.2, -0.15) is 0 Å². The summed E-state index contributed by atoms with van der Waals surface area (Å²) in [5, 5.41) is 0. The molecule has 1 atom stereocenters. The fourth-order valence-corrected chi connectivity index (χ4v) is 1.95. The average Bonchev–Trinajstić information content (AvgIpc) is 2.00. The number of rotatable bonds is 3. The van der Waals surface area contributed by atoms with E-state index < -0.39 is 0 Å². The van der Waals surface area contributed by atoms with Gasteiger partial charge in [-0.05, 0) is 39.4 Å². The highest BCUT2D eigenvalue weighted by atomic mass is 15.1. The molecule has 1 aromatic carbocycles. The van der Waals surface area contributed by atoms with E-state index in [1.807, 2.05) is 0 Å². The van der Waals surface area contributed by atoms with Crippen LogP contribution >= 0.6 is 0 Å². The van der Waals surface area contributed by atoms with E-state index in [0.29, 0.717) is 5.92 Å². The molecule has 1 aromatic rings. The van der Waals surface area contributed by atoms with Crippen LogP contribution in [-0.2, 0) is 0 Å². The molecule has 0 aliphatic rings. The van der Waals surface area contributed by atoms with Crippen molar-refractivity contribution in [2.45, 2.75) is 26.7 Å². The zero-order valence-electron chi connectivity index (χ0n) is 9.96. The van der Waals surface area contributed by atoms with Gasteiger partial charge in [0, 0.05) is 6.54 Å². The second kappa shape index (κ2) is 4.61. The Bertz CT molecular complexity index is 282. The smallest absolute Gasteiger partial charge is 0.00415 e. The Kier molecular flexibility index (Phi) is 3.70. The molecule has 0 aliphatic carbocycles. The Morgan fingerprint density at radius 3 is 2.00 bits per heavy atom. The summed E-state index contributed by atoms with van der Waals surface area (Å²) >= 11 is 0. The quantitative estimate of drug-likeness (QED) is 0.710. The second-order valence-electron chi connectivity index (χ2n) is 4.58. The Labute approximate surface area is 87.7 Å². The molecule has 0 aromatic heterocycles. The topological polar surface area (TPSA) is 3.24 Å². The lowest BCUT2D eigenvalue weighted by atomic mass is 9.97. The molecule has 0 spiro atoms. The van der Waals surface area contributed by atoms with Crippen molar-refractivity contribution in [2.24, 2.45) is 0 Å². The first-order valence-electron chi connectivity index (χ1n) is 5.22. The number of nitrogens with zero attached hydrogens (tertiary/aromatic N) is 1. The average molecular weight is 191 g/mol. The lowest BCUT2D eigenvalue weighted by Crippen LogP contribution is -2.18. The van der Waals surface area contributed by atoms with Gasteiger partial charge in [-0.1, -0.05) is 36.2 Å². The van der Waals surface area contributed by atoms with Gasteiger partial charge in [0.15, 0.2) is 0 Å². The maximum absolute atomic E-state index is 2.29. The summed E-state index contributed by atoms with van der Waals surface area (Å²) in [5.74, 6) is 0.614. The van der Waals surface area contributed by atoms with Gasteiger partial charge in [-0.25, -0.2) is 0 Å². The molecular formula is C13H21N. The van der Waals surface area contributed by atoms with Crippen LogP contribution in [0.4, 0.5) is 0 Å². The molecule has 0 radical (unpaired) electrons. The summed E-state index contributed by atoms with van der Waals surface area (Å²) in [7, 11) is 4.25. The Hall–Kier alpha value is -0.820. The Morgan fingerprint density at radius 1 is 1.07 bits per heavy atom. The fraction of sp³-hybridized carbons (Fsp3) is 0.538. The summed E-state index contributed by atoms with van der Waals surface area (Å²) in [5.41, 5.74) is 4.19. The molecule has 1 unspecified atom stereocenters. The third-order valence-electron chi connectivity index (χ3n) is 2.45. The van der Waals surface area contributed by atoms with Crippen LogP contribution in [0.2, 0.25) is 0 Å². The third-order valence-corrected chi connectivity index (χ3v) is 2.45. The van der Waals surface area contributed by atoms with Gasteiger partial charge in [-0.3, -0.25) is 0 Å². The van der Waals surface area contributed by atoms with E-state index in [0.717, 1.165) is 6.54 Å². The van der Waals surface area contributed by atoms with Crippen LogP contribution in [0.1, 0.15) is 29.5 Å². The number of hydrogen-bond donors (Lipinski definition) is 0. The summed E-state index contributed by atoms with van der Waals surface area (Å²) in [6, 6.07) is 6.81. The molecule has 0 aliphatic heterocycles. The number of hydrogen-bond acceptors (Lipinski definition) is 1. The standard InChI is InChI=1S/C13H21N/c1-10-6-11(2)8-13(7-10)12(3)9-14(4)5/h6-8,12H,9H2,1-5H3. The first-order valence-corrected chi connectivity index (χ1v) is 5.22. The van der Waals surface area contributed by atoms with E-state index in [2.05, 4.69) is 58.0 Å². The van der Waals surface area contributed by atoms with Gasteiger partial charge in [0.25, 0.3) is 0 Å². The SMILES string of the molecule is Cc1cc(C)cc(C(C)CN(C)C)c1. The fourth-order valence-electron chi connectivity index (χ4n) is 1.95. The van der Waals surface area contributed by atoms with Crippen molar-refractivity contribution in [1.82, 2.24) is 4.90 Å². The molecule has 0 saturated carbocycles.